The highest BCUT2D eigenvalue weighted by molar-refractivity contribution is 5.46. The first kappa shape index (κ1) is 12.8. The van der Waals surface area contributed by atoms with E-state index in [0.717, 1.165) is 11.1 Å². The van der Waals surface area contributed by atoms with E-state index in [1.807, 2.05) is 26.0 Å². The van der Waals surface area contributed by atoms with Crippen molar-refractivity contribution < 1.29 is 9.66 Å². The Morgan fingerprint density at radius 3 is 2.58 bits per heavy atom. The van der Waals surface area contributed by atoms with Crippen molar-refractivity contribution in [2.75, 3.05) is 5.73 Å². The van der Waals surface area contributed by atoms with Crippen molar-refractivity contribution in [2.24, 2.45) is 0 Å². The number of aryl methyl sites for hydroxylation is 2. The number of nitrogen functional groups attached to an aromatic ring is 1. The Labute approximate surface area is 110 Å². The van der Waals surface area contributed by atoms with Gasteiger partial charge in [-0.3, -0.25) is 10.1 Å². The molecule has 1 aromatic carbocycles. The van der Waals surface area contributed by atoms with Gasteiger partial charge in [-0.2, -0.15) is 4.98 Å². The van der Waals surface area contributed by atoms with Crippen LogP contribution in [0.2, 0.25) is 0 Å². The second-order valence-electron chi connectivity index (χ2n) is 4.19. The van der Waals surface area contributed by atoms with E-state index in [2.05, 4.69) is 4.98 Å². The summed E-state index contributed by atoms with van der Waals surface area (Å²) in [5.41, 5.74) is 7.57. The summed E-state index contributed by atoms with van der Waals surface area (Å²) in [6, 6.07) is 7.95. The topological polar surface area (TPSA) is 91.3 Å². The van der Waals surface area contributed by atoms with E-state index in [9.17, 15) is 10.1 Å². The van der Waals surface area contributed by atoms with Crippen molar-refractivity contribution in [3.63, 3.8) is 0 Å². The predicted molar refractivity (Wildman–Crippen MR) is 71.3 cm³/mol. The Bertz CT molecular complexity index is 641. The van der Waals surface area contributed by atoms with Crippen molar-refractivity contribution in [3.05, 3.63) is 51.6 Å². The van der Waals surface area contributed by atoms with Gasteiger partial charge in [-0.1, -0.05) is 6.07 Å². The normalized spacial score (nSPS) is 10.2. The monoisotopic (exact) mass is 259 g/mol. The van der Waals surface area contributed by atoms with Crippen LogP contribution in [0.25, 0.3) is 0 Å². The molecular formula is C13H13N3O3. The highest BCUT2D eigenvalue weighted by Gasteiger charge is 2.11. The molecule has 0 bridgehead atoms. The molecule has 0 amide bonds. The largest absolute Gasteiger partial charge is 0.439 e. The molecule has 0 saturated heterocycles. The SMILES string of the molecule is Cc1ccc(Oc2cc([N+](=O)[O-])cc(N)n2)cc1C. The summed E-state index contributed by atoms with van der Waals surface area (Å²) < 4.78 is 5.49. The zero-order chi connectivity index (χ0) is 14.0. The maximum atomic E-state index is 10.7. The Kier molecular flexibility index (Phi) is 3.33. The van der Waals surface area contributed by atoms with E-state index in [1.54, 1.807) is 6.07 Å². The van der Waals surface area contributed by atoms with Gasteiger partial charge in [0.2, 0.25) is 5.88 Å². The molecule has 0 radical (unpaired) electrons. The van der Waals surface area contributed by atoms with Crippen molar-refractivity contribution in [1.29, 1.82) is 0 Å². The minimum absolute atomic E-state index is 0.0491. The Hall–Kier alpha value is -2.63. The van der Waals surface area contributed by atoms with Gasteiger partial charge in [0, 0.05) is 0 Å². The lowest BCUT2D eigenvalue weighted by atomic mass is 10.1. The van der Waals surface area contributed by atoms with Crippen LogP contribution in [0.5, 0.6) is 11.6 Å². The van der Waals surface area contributed by atoms with Crippen LogP contribution in [-0.4, -0.2) is 9.91 Å². The van der Waals surface area contributed by atoms with Gasteiger partial charge in [0.25, 0.3) is 5.69 Å². The van der Waals surface area contributed by atoms with Crippen LogP contribution >= 0.6 is 0 Å². The smallest absolute Gasteiger partial charge is 0.278 e. The standard InChI is InChI=1S/C13H13N3O3/c1-8-3-4-11(5-9(8)2)19-13-7-10(16(17)18)6-12(14)15-13/h3-7H,1-2H3,(H2,14,15). The Balaban J connectivity index is 2.32. The van der Waals surface area contributed by atoms with Crippen LogP contribution in [0.4, 0.5) is 11.5 Å². The second-order valence-corrected chi connectivity index (χ2v) is 4.19. The molecule has 6 heteroatoms. The van der Waals surface area contributed by atoms with Crippen LogP contribution in [0.1, 0.15) is 11.1 Å². The van der Waals surface area contributed by atoms with Gasteiger partial charge in [0.15, 0.2) is 0 Å². The molecule has 0 aliphatic heterocycles. The zero-order valence-electron chi connectivity index (χ0n) is 10.6. The number of anilines is 1. The molecule has 0 unspecified atom stereocenters. The predicted octanol–water partition coefficient (Wildman–Crippen LogP) is 2.98. The van der Waals surface area contributed by atoms with Crippen LogP contribution in [0, 0.1) is 24.0 Å². The number of hydrogen-bond acceptors (Lipinski definition) is 5. The molecule has 19 heavy (non-hydrogen) atoms. The molecule has 2 rings (SSSR count). The number of nitrogens with two attached hydrogens (primary N) is 1. The first-order chi connectivity index (χ1) is 8.95. The van der Waals surface area contributed by atoms with Crippen molar-refractivity contribution >= 4 is 11.5 Å². The molecule has 0 atom stereocenters. The first-order valence-electron chi connectivity index (χ1n) is 5.63. The summed E-state index contributed by atoms with van der Waals surface area (Å²) in [5.74, 6) is 0.721. The average molecular weight is 259 g/mol. The summed E-state index contributed by atoms with van der Waals surface area (Å²) in [7, 11) is 0. The first-order valence-corrected chi connectivity index (χ1v) is 5.63. The second kappa shape index (κ2) is 4.93. The molecule has 6 nitrogen and oxygen atoms in total. The fraction of sp³-hybridized carbons (Fsp3) is 0.154. The van der Waals surface area contributed by atoms with Crippen molar-refractivity contribution in [1.82, 2.24) is 4.98 Å². The van der Waals surface area contributed by atoms with E-state index in [-0.39, 0.29) is 17.4 Å². The molecule has 0 fully saturated rings. The molecule has 0 spiro atoms. The number of pyridine rings is 1. The van der Waals surface area contributed by atoms with E-state index in [0.29, 0.717) is 5.75 Å². The minimum Gasteiger partial charge on any atom is -0.439 e. The number of benzene rings is 1. The third-order valence-electron chi connectivity index (χ3n) is 2.72. The molecule has 2 aromatic rings. The van der Waals surface area contributed by atoms with E-state index in [4.69, 9.17) is 10.5 Å². The highest BCUT2D eigenvalue weighted by Crippen LogP contribution is 2.26. The third kappa shape index (κ3) is 2.98. The molecule has 2 N–H and O–H groups in total. The third-order valence-corrected chi connectivity index (χ3v) is 2.72. The van der Waals surface area contributed by atoms with Crippen LogP contribution in [-0.2, 0) is 0 Å². The quantitative estimate of drug-likeness (QED) is 0.675. The van der Waals surface area contributed by atoms with Gasteiger partial charge in [-0.05, 0) is 37.1 Å². The lowest BCUT2D eigenvalue weighted by molar-refractivity contribution is -0.384. The van der Waals surface area contributed by atoms with E-state index < -0.39 is 4.92 Å². The molecule has 1 heterocycles. The van der Waals surface area contributed by atoms with Crippen molar-refractivity contribution in [2.45, 2.75) is 13.8 Å². The summed E-state index contributed by atoms with van der Waals surface area (Å²) in [6.07, 6.45) is 0. The molecule has 0 aliphatic rings. The molecular weight excluding hydrogens is 246 g/mol. The van der Waals surface area contributed by atoms with Crippen LogP contribution in [0.3, 0.4) is 0 Å². The molecule has 0 aliphatic carbocycles. The fourth-order valence-corrected chi connectivity index (χ4v) is 1.57. The summed E-state index contributed by atoms with van der Waals surface area (Å²) in [5, 5.41) is 10.7. The highest BCUT2D eigenvalue weighted by atomic mass is 16.6. The Morgan fingerprint density at radius 1 is 1.21 bits per heavy atom. The number of ether oxygens (including phenoxy) is 1. The molecule has 1 aromatic heterocycles. The number of nitro groups is 1. The van der Waals surface area contributed by atoms with Gasteiger partial charge < -0.3 is 10.5 Å². The van der Waals surface area contributed by atoms with Crippen LogP contribution in [0.15, 0.2) is 30.3 Å². The molecule has 98 valence electrons. The van der Waals surface area contributed by atoms with Gasteiger partial charge in [-0.25, -0.2) is 0 Å². The average Bonchev–Trinajstić information content (AvgIpc) is 2.33. The van der Waals surface area contributed by atoms with Crippen molar-refractivity contribution in [3.8, 4) is 11.6 Å². The van der Waals surface area contributed by atoms with Gasteiger partial charge in [-0.15, -0.1) is 0 Å². The number of nitrogens with zero attached hydrogens (tertiary/aromatic N) is 2. The summed E-state index contributed by atoms with van der Waals surface area (Å²) >= 11 is 0. The maximum Gasteiger partial charge on any atom is 0.278 e. The Morgan fingerprint density at radius 2 is 1.95 bits per heavy atom. The minimum atomic E-state index is -0.536. The number of aromatic nitrogens is 1. The summed E-state index contributed by atoms with van der Waals surface area (Å²) in [6.45, 7) is 3.94. The fourth-order valence-electron chi connectivity index (χ4n) is 1.57. The number of rotatable bonds is 3. The maximum absolute atomic E-state index is 10.7. The zero-order valence-corrected chi connectivity index (χ0v) is 10.6. The number of hydrogen-bond donors (Lipinski definition) is 1. The summed E-state index contributed by atoms with van der Waals surface area (Å²) in [4.78, 5) is 14.1. The van der Waals surface area contributed by atoms with Gasteiger partial charge >= 0.3 is 0 Å². The van der Waals surface area contributed by atoms with E-state index >= 15 is 0 Å². The van der Waals surface area contributed by atoms with Gasteiger partial charge in [0.05, 0.1) is 17.1 Å². The lowest BCUT2D eigenvalue weighted by Crippen LogP contribution is -1.97. The lowest BCUT2D eigenvalue weighted by Gasteiger charge is -2.07. The van der Waals surface area contributed by atoms with E-state index in [1.165, 1.54) is 12.1 Å². The van der Waals surface area contributed by atoms with Gasteiger partial charge in [0.1, 0.15) is 11.6 Å². The molecule has 0 saturated carbocycles. The van der Waals surface area contributed by atoms with Crippen LogP contribution < -0.4 is 10.5 Å².